The molecule has 0 atom stereocenters. The van der Waals surface area contributed by atoms with Crippen LogP contribution in [0.2, 0.25) is 0 Å². The van der Waals surface area contributed by atoms with Gasteiger partial charge in [0.2, 0.25) is 10.0 Å². The van der Waals surface area contributed by atoms with Crippen molar-refractivity contribution in [3.05, 3.63) is 41.7 Å². The molecule has 1 aliphatic carbocycles. The molecule has 3 rings (SSSR count). The lowest BCUT2D eigenvalue weighted by atomic mass is 10.1. The summed E-state index contributed by atoms with van der Waals surface area (Å²) in [6, 6.07) is 8.13. The molecule has 0 aliphatic heterocycles. The minimum Gasteiger partial charge on any atom is -0.321 e. The summed E-state index contributed by atoms with van der Waals surface area (Å²) in [5.74, 6) is 0.182. The number of amides is 1. The van der Waals surface area contributed by atoms with E-state index in [0.29, 0.717) is 30.4 Å². The van der Waals surface area contributed by atoms with Crippen LogP contribution in [-0.2, 0) is 15.6 Å². The number of hydrogen-bond donors (Lipinski definition) is 1. The highest BCUT2D eigenvalue weighted by Crippen LogP contribution is 2.41. The molecular formula is C21H30N4O3S. The summed E-state index contributed by atoms with van der Waals surface area (Å²) in [6.07, 6.45) is 2.26. The molecule has 1 heterocycles. The highest BCUT2D eigenvalue weighted by molar-refractivity contribution is 7.89. The number of aromatic nitrogens is 2. The number of nitrogens with one attached hydrogen (secondary N) is 1. The van der Waals surface area contributed by atoms with Gasteiger partial charge < -0.3 is 5.32 Å². The summed E-state index contributed by atoms with van der Waals surface area (Å²) in [6.45, 7) is 10.7. The molecule has 0 radical (unpaired) electrons. The quantitative estimate of drug-likeness (QED) is 0.741. The predicted octanol–water partition coefficient (Wildman–Crippen LogP) is 3.80. The predicted molar refractivity (Wildman–Crippen MR) is 114 cm³/mol. The average molecular weight is 419 g/mol. The van der Waals surface area contributed by atoms with Crippen molar-refractivity contribution in [2.45, 2.75) is 63.8 Å². The maximum absolute atomic E-state index is 12.7. The molecule has 7 nitrogen and oxygen atoms in total. The average Bonchev–Trinajstić information content (AvgIpc) is 3.39. The van der Waals surface area contributed by atoms with Gasteiger partial charge in [-0.3, -0.25) is 9.48 Å². The normalized spacial score (nSPS) is 15.0. The second-order valence-electron chi connectivity index (χ2n) is 8.38. The number of anilines is 1. The second-order valence-corrected chi connectivity index (χ2v) is 10.3. The minimum atomic E-state index is -3.51. The van der Waals surface area contributed by atoms with E-state index in [1.54, 1.807) is 12.1 Å². The number of benzene rings is 1. The Hall–Kier alpha value is -2.19. The molecule has 2 aromatic rings. The van der Waals surface area contributed by atoms with Gasteiger partial charge in [0.25, 0.3) is 5.91 Å². The van der Waals surface area contributed by atoms with E-state index >= 15 is 0 Å². The number of hydrogen-bond acceptors (Lipinski definition) is 4. The zero-order valence-corrected chi connectivity index (χ0v) is 18.6. The maximum atomic E-state index is 12.7. The Kier molecular flexibility index (Phi) is 5.87. The smallest absolute Gasteiger partial charge is 0.276 e. The van der Waals surface area contributed by atoms with Gasteiger partial charge in [-0.25, -0.2) is 8.42 Å². The van der Waals surface area contributed by atoms with Crippen molar-refractivity contribution in [3.8, 4) is 0 Å². The van der Waals surface area contributed by atoms with Crippen molar-refractivity contribution in [3.63, 3.8) is 0 Å². The Balaban J connectivity index is 1.78. The summed E-state index contributed by atoms with van der Waals surface area (Å²) in [5, 5.41) is 7.37. The summed E-state index contributed by atoms with van der Waals surface area (Å²) in [5.41, 5.74) is 1.81. The molecule has 0 unspecified atom stereocenters. The number of rotatable bonds is 7. The molecule has 8 heteroatoms. The van der Waals surface area contributed by atoms with Crippen molar-refractivity contribution in [2.75, 3.05) is 18.4 Å². The molecule has 1 saturated carbocycles. The Bertz CT molecular complexity index is 980. The third-order valence-corrected chi connectivity index (χ3v) is 7.12. The van der Waals surface area contributed by atoms with E-state index in [9.17, 15) is 13.2 Å². The highest BCUT2D eigenvalue weighted by atomic mass is 32.2. The number of carbonyl (C=O) groups excluding carboxylic acids is 1. The molecule has 158 valence electrons. The van der Waals surface area contributed by atoms with Gasteiger partial charge in [0.05, 0.1) is 10.4 Å². The summed E-state index contributed by atoms with van der Waals surface area (Å²) in [4.78, 5) is 12.9. The standard InChI is InChI=1S/C21H30N4O3S/c1-6-24(7-2)29(27,28)17-12-10-16(11-13-17)22-20(26)18-14-19(15-8-9-15)25(23-18)21(3,4)5/h10-15H,6-9H2,1-5H3,(H,22,26). The molecular weight excluding hydrogens is 388 g/mol. The van der Waals surface area contributed by atoms with Gasteiger partial charge >= 0.3 is 0 Å². The molecule has 29 heavy (non-hydrogen) atoms. The highest BCUT2D eigenvalue weighted by Gasteiger charge is 2.32. The third kappa shape index (κ3) is 4.53. The molecule has 1 aromatic carbocycles. The first-order chi connectivity index (χ1) is 13.6. The molecule has 0 spiro atoms. The van der Waals surface area contributed by atoms with Crippen LogP contribution in [0, 0.1) is 0 Å². The van der Waals surface area contributed by atoms with Crippen molar-refractivity contribution >= 4 is 21.6 Å². The largest absolute Gasteiger partial charge is 0.321 e. The van der Waals surface area contributed by atoms with Gasteiger partial charge in [-0.05, 0) is 63.9 Å². The molecule has 0 bridgehead atoms. The summed E-state index contributed by atoms with van der Waals surface area (Å²) >= 11 is 0. The SMILES string of the molecule is CCN(CC)S(=O)(=O)c1ccc(NC(=O)c2cc(C3CC3)n(C(C)(C)C)n2)cc1. The van der Waals surface area contributed by atoms with Crippen LogP contribution in [0.15, 0.2) is 35.2 Å². The number of carbonyl (C=O) groups is 1. The molecule has 0 saturated heterocycles. The van der Waals surface area contributed by atoms with Crippen LogP contribution in [-0.4, -0.2) is 41.5 Å². The van der Waals surface area contributed by atoms with Crippen molar-refractivity contribution in [2.24, 2.45) is 0 Å². The number of nitrogens with zero attached hydrogens (tertiary/aromatic N) is 3. The fraction of sp³-hybridized carbons (Fsp3) is 0.524. The van der Waals surface area contributed by atoms with E-state index in [1.165, 1.54) is 16.4 Å². The van der Waals surface area contributed by atoms with Crippen LogP contribution in [0.5, 0.6) is 0 Å². The monoisotopic (exact) mass is 418 g/mol. The number of sulfonamides is 1. The lowest BCUT2D eigenvalue weighted by molar-refractivity contribution is 0.102. The van der Waals surface area contributed by atoms with Gasteiger partial charge in [0.15, 0.2) is 5.69 Å². The molecule has 1 N–H and O–H groups in total. The molecule has 1 fully saturated rings. The van der Waals surface area contributed by atoms with Crippen LogP contribution >= 0.6 is 0 Å². The van der Waals surface area contributed by atoms with Gasteiger partial charge in [-0.1, -0.05) is 13.8 Å². The van der Waals surface area contributed by atoms with Gasteiger partial charge in [0.1, 0.15) is 0 Å². The van der Waals surface area contributed by atoms with Crippen LogP contribution in [0.4, 0.5) is 5.69 Å². The first-order valence-electron chi connectivity index (χ1n) is 10.1. The van der Waals surface area contributed by atoms with E-state index in [1.807, 2.05) is 24.6 Å². The van der Waals surface area contributed by atoms with Crippen LogP contribution in [0.25, 0.3) is 0 Å². The lowest BCUT2D eigenvalue weighted by Crippen LogP contribution is -2.30. The zero-order valence-electron chi connectivity index (χ0n) is 17.8. The van der Waals surface area contributed by atoms with E-state index in [-0.39, 0.29) is 16.3 Å². The van der Waals surface area contributed by atoms with E-state index in [0.717, 1.165) is 18.5 Å². The zero-order chi connectivity index (χ0) is 21.4. The van der Waals surface area contributed by atoms with Crippen LogP contribution in [0.1, 0.15) is 69.6 Å². The summed E-state index contributed by atoms with van der Waals surface area (Å²) in [7, 11) is -3.51. The fourth-order valence-electron chi connectivity index (χ4n) is 3.33. The van der Waals surface area contributed by atoms with Crippen molar-refractivity contribution in [1.82, 2.24) is 14.1 Å². The van der Waals surface area contributed by atoms with Gasteiger partial charge in [0, 0.05) is 30.4 Å². The second kappa shape index (κ2) is 7.91. The first kappa shape index (κ1) is 21.5. The van der Waals surface area contributed by atoms with E-state index in [2.05, 4.69) is 31.2 Å². The topological polar surface area (TPSA) is 84.3 Å². The maximum Gasteiger partial charge on any atom is 0.276 e. The van der Waals surface area contributed by atoms with Crippen LogP contribution in [0.3, 0.4) is 0 Å². The molecule has 1 amide bonds. The minimum absolute atomic E-state index is 0.198. The van der Waals surface area contributed by atoms with Crippen molar-refractivity contribution < 1.29 is 13.2 Å². The Morgan fingerprint density at radius 1 is 1.17 bits per heavy atom. The van der Waals surface area contributed by atoms with E-state index < -0.39 is 10.0 Å². The molecule has 1 aliphatic rings. The van der Waals surface area contributed by atoms with Crippen LogP contribution < -0.4 is 5.32 Å². The lowest BCUT2D eigenvalue weighted by Gasteiger charge is -2.22. The third-order valence-electron chi connectivity index (χ3n) is 5.06. The molecule has 1 aromatic heterocycles. The fourth-order valence-corrected chi connectivity index (χ4v) is 4.79. The van der Waals surface area contributed by atoms with Gasteiger partial charge in [-0.2, -0.15) is 9.40 Å². The Labute approximate surface area is 173 Å². The van der Waals surface area contributed by atoms with Crippen molar-refractivity contribution in [1.29, 1.82) is 0 Å². The Morgan fingerprint density at radius 3 is 2.24 bits per heavy atom. The first-order valence-corrected chi connectivity index (χ1v) is 11.5. The Morgan fingerprint density at radius 2 is 1.76 bits per heavy atom. The summed E-state index contributed by atoms with van der Waals surface area (Å²) < 4.78 is 28.5. The van der Waals surface area contributed by atoms with Gasteiger partial charge in [-0.15, -0.1) is 0 Å². The van der Waals surface area contributed by atoms with E-state index in [4.69, 9.17) is 0 Å².